The Morgan fingerprint density at radius 3 is 2.51 bits per heavy atom. The van der Waals surface area contributed by atoms with Crippen molar-refractivity contribution in [1.82, 2.24) is 9.55 Å². The van der Waals surface area contributed by atoms with Gasteiger partial charge in [-0.05, 0) is 42.3 Å². The quantitative estimate of drug-likeness (QED) is 0.253. The Hall–Kier alpha value is -4.38. The number of hydrogen-bond donors (Lipinski definition) is 1. The highest BCUT2D eigenvalue weighted by Gasteiger charge is 2.25. The number of benzene rings is 3. The maximum atomic E-state index is 13.8. The molecule has 39 heavy (non-hydrogen) atoms. The van der Waals surface area contributed by atoms with Crippen molar-refractivity contribution in [3.8, 4) is 28.7 Å². The summed E-state index contributed by atoms with van der Waals surface area (Å²) in [6.07, 6.45) is 0.505. The summed E-state index contributed by atoms with van der Waals surface area (Å²) in [6.45, 7) is 2.38. The van der Waals surface area contributed by atoms with Gasteiger partial charge in [0, 0.05) is 6.07 Å². The van der Waals surface area contributed by atoms with Gasteiger partial charge in [-0.2, -0.15) is 0 Å². The second kappa shape index (κ2) is 10.4. The average Bonchev–Trinajstić information content (AvgIpc) is 3.61. The van der Waals surface area contributed by atoms with E-state index >= 15 is 0 Å². The molecule has 0 saturated heterocycles. The second-order valence-corrected chi connectivity index (χ2v) is 10.1. The first-order valence-electron chi connectivity index (χ1n) is 12.4. The molecular weight excluding hydrogens is 522 g/mol. The SMILES string of the molecule is CC[C@@H](Sc1nc2cc3c(cc2c(=O)n1Cc1ccc2c(c1)OCO2)OCO3)C(=O)Nc1ccccc1OC. The van der Waals surface area contributed by atoms with E-state index in [0.717, 1.165) is 5.56 Å². The molecule has 6 rings (SSSR count). The largest absolute Gasteiger partial charge is 0.495 e. The molecular formula is C28H25N3O7S. The van der Waals surface area contributed by atoms with Gasteiger partial charge in [-0.15, -0.1) is 0 Å². The van der Waals surface area contributed by atoms with Crippen molar-refractivity contribution < 1.29 is 28.5 Å². The highest BCUT2D eigenvalue weighted by molar-refractivity contribution is 8.00. The van der Waals surface area contributed by atoms with Crippen molar-refractivity contribution in [3.63, 3.8) is 0 Å². The molecule has 3 aromatic carbocycles. The summed E-state index contributed by atoms with van der Waals surface area (Å²) in [5, 5.41) is 3.23. The third-order valence-corrected chi connectivity index (χ3v) is 7.82. The average molecular weight is 548 g/mol. The maximum absolute atomic E-state index is 13.8. The van der Waals surface area contributed by atoms with E-state index < -0.39 is 5.25 Å². The molecule has 0 saturated carbocycles. The molecule has 0 fully saturated rings. The Balaban J connectivity index is 1.38. The molecule has 2 aliphatic heterocycles. The number of nitrogens with zero attached hydrogens (tertiary/aromatic N) is 2. The van der Waals surface area contributed by atoms with Crippen LogP contribution in [0.5, 0.6) is 28.7 Å². The van der Waals surface area contributed by atoms with E-state index in [1.165, 1.54) is 11.8 Å². The Kier molecular flexibility index (Phi) is 6.65. The van der Waals surface area contributed by atoms with E-state index in [4.69, 9.17) is 28.7 Å². The predicted molar refractivity (Wildman–Crippen MR) is 145 cm³/mol. The summed E-state index contributed by atoms with van der Waals surface area (Å²) < 4.78 is 28.9. The fourth-order valence-corrected chi connectivity index (χ4v) is 5.47. The number of methoxy groups -OCH3 is 1. The van der Waals surface area contributed by atoms with Crippen LogP contribution >= 0.6 is 11.8 Å². The lowest BCUT2D eigenvalue weighted by Gasteiger charge is -2.19. The number of carbonyl (C=O) groups is 1. The van der Waals surface area contributed by atoms with Gasteiger partial charge in [-0.25, -0.2) is 4.98 Å². The predicted octanol–water partition coefficient (Wildman–Crippen LogP) is 4.42. The van der Waals surface area contributed by atoms with Crippen molar-refractivity contribution in [3.05, 3.63) is 70.5 Å². The van der Waals surface area contributed by atoms with Crippen LogP contribution in [0.2, 0.25) is 0 Å². The smallest absolute Gasteiger partial charge is 0.262 e. The fourth-order valence-electron chi connectivity index (χ4n) is 4.45. The minimum atomic E-state index is -0.531. The van der Waals surface area contributed by atoms with Gasteiger partial charge in [0.25, 0.3) is 5.56 Å². The Bertz CT molecular complexity index is 1640. The van der Waals surface area contributed by atoms with Crippen LogP contribution in [0.15, 0.2) is 64.5 Å². The summed E-state index contributed by atoms with van der Waals surface area (Å²) in [6, 6.07) is 16.1. The van der Waals surface area contributed by atoms with Crippen LogP contribution in [0.4, 0.5) is 5.69 Å². The zero-order valence-electron chi connectivity index (χ0n) is 21.3. The van der Waals surface area contributed by atoms with E-state index in [0.29, 0.717) is 56.9 Å². The van der Waals surface area contributed by atoms with Gasteiger partial charge in [-0.3, -0.25) is 14.2 Å². The normalized spacial score (nSPS) is 13.9. The van der Waals surface area contributed by atoms with Gasteiger partial charge in [-0.1, -0.05) is 36.9 Å². The van der Waals surface area contributed by atoms with Crippen LogP contribution in [0.25, 0.3) is 10.9 Å². The molecule has 0 unspecified atom stereocenters. The number of anilines is 1. The number of aromatic nitrogens is 2. The van der Waals surface area contributed by atoms with E-state index in [1.807, 2.05) is 37.3 Å². The number of nitrogens with one attached hydrogen (secondary N) is 1. The number of carbonyl (C=O) groups excluding carboxylic acids is 1. The van der Waals surface area contributed by atoms with Crippen molar-refractivity contribution in [1.29, 1.82) is 0 Å². The first kappa shape index (κ1) is 24.9. The monoisotopic (exact) mass is 547 g/mol. The molecule has 0 spiro atoms. The molecule has 0 aliphatic carbocycles. The van der Waals surface area contributed by atoms with Crippen LogP contribution in [-0.2, 0) is 11.3 Å². The van der Waals surface area contributed by atoms with Gasteiger partial charge in [0.1, 0.15) is 5.75 Å². The van der Waals surface area contributed by atoms with E-state index in [2.05, 4.69) is 5.32 Å². The van der Waals surface area contributed by atoms with Gasteiger partial charge in [0.05, 0.1) is 35.5 Å². The molecule has 2 aliphatic rings. The lowest BCUT2D eigenvalue weighted by Crippen LogP contribution is -2.28. The van der Waals surface area contributed by atoms with Crippen molar-refractivity contribution in [2.75, 3.05) is 26.0 Å². The summed E-state index contributed by atoms with van der Waals surface area (Å²) in [5.74, 6) is 2.64. The van der Waals surface area contributed by atoms with Gasteiger partial charge >= 0.3 is 0 Å². The Morgan fingerprint density at radius 2 is 1.74 bits per heavy atom. The number of ether oxygens (including phenoxy) is 5. The lowest BCUT2D eigenvalue weighted by molar-refractivity contribution is -0.115. The zero-order valence-corrected chi connectivity index (χ0v) is 22.1. The van der Waals surface area contributed by atoms with Gasteiger partial charge < -0.3 is 29.0 Å². The van der Waals surface area contributed by atoms with Gasteiger partial charge in [0.15, 0.2) is 28.2 Å². The molecule has 10 nitrogen and oxygen atoms in total. The number of rotatable bonds is 8. The summed E-state index contributed by atoms with van der Waals surface area (Å²) in [5.41, 5.74) is 1.62. The molecule has 200 valence electrons. The number of para-hydroxylation sites is 2. The van der Waals surface area contributed by atoms with Crippen molar-refractivity contribution in [2.45, 2.75) is 30.3 Å². The minimum Gasteiger partial charge on any atom is -0.495 e. The molecule has 3 heterocycles. The molecule has 11 heteroatoms. The summed E-state index contributed by atoms with van der Waals surface area (Å²) in [4.78, 5) is 32.0. The molecule has 4 aromatic rings. The molecule has 1 amide bonds. The summed E-state index contributed by atoms with van der Waals surface area (Å²) in [7, 11) is 1.55. The standard InChI is InChI=1S/C28H25N3O7S/c1-3-25(26(32)29-18-6-4-5-7-20(18)34-2)39-28-30-19-12-24-23(37-15-38-24)11-17(19)27(33)31(28)13-16-8-9-21-22(10-16)36-14-35-21/h4-12,25H,3,13-15H2,1-2H3,(H,29,32)/t25-/m1/s1. The zero-order chi connectivity index (χ0) is 26.9. The lowest BCUT2D eigenvalue weighted by atomic mass is 10.2. The van der Waals surface area contributed by atoms with Crippen LogP contribution < -0.4 is 34.6 Å². The second-order valence-electron chi connectivity index (χ2n) is 8.90. The first-order valence-corrected chi connectivity index (χ1v) is 13.2. The molecule has 1 aromatic heterocycles. The highest BCUT2D eigenvalue weighted by atomic mass is 32.2. The molecule has 1 atom stereocenters. The van der Waals surface area contributed by atoms with Crippen molar-refractivity contribution in [2.24, 2.45) is 0 Å². The number of fused-ring (bicyclic) bond motifs is 3. The first-order chi connectivity index (χ1) is 19.0. The Labute approximate surface area is 227 Å². The number of thioether (sulfide) groups is 1. The number of hydrogen-bond acceptors (Lipinski definition) is 9. The van der Waals surface area contributed by atoms with Crippen molar-refractivity contribution >= 4 is 34.3 Å². The fraction of sp³-hybridized carbons (Fsp3) is 0.250. The van der Waals surface area contributed by atoms with Crippen LogP contribution in [0.1, 0.15) is 18.9 Å². The Morgan fingerprint density at radius 1 is 1.03 bits per heavy atom. The topological polar surface area (TPSA) is 110 Å². The number of amides is 1. The molecule has 0 bridgehead atoms. The minimum absolute atomic E-state index is 0.0830. The van der Waals surface area contributed by atoms with E-state index in [-0.39, 0.29) is 31.6 Å². The van der Waals surface area contributed by atoms with Crippen LogP contribution in [0, 0.1) is 0 Å². The maximum Gasteiger partial charge on any atom is 0.262 e. The van der Waals surface area contributed by atoms with E-state index in [9.17, 15) is 9.59 Å². The van der Waals surface area contributed by atoms with Gasteiger partial charge in [0.2, 0.25) is 19.5 Å². The van der Waals surface area contributed by atoms with E-state index in [1.54, 1.807) is 35.9 Å². The summed E-state index contributed by atoms with van der Waals surface area (Å²) >= 11 is 1.23. The molecule has 1 N–H and O–H groups in total. The third kappa shape index (κ3) is 4.81. The third-order valence-electron chi connectivity index (χ3n) is 6.47. The molecule has 0 radical (unpaired) electrons. The van der Waals surface area contributed by atoms with Crippen LogP contribution in [-0.4, -0.2) is 41.4 Å². The highest BCUT2D eigenvalue weighted by Crippen LogP contribution is 2.37. The van der Waals surface area contributed by atoms with Crippen LogP contribution in [0.3, 0.4) is 0 Å².